The monoisotopic (exact) mass is 503 g/mol. The maximum atomic E-state index is 12.9. The number of nitrogens with one attached hydrogen (secondary N) is 1. The molecule has 0 unspecified atom stereocenters. The Kier molecular flexibility index (Phi) is 6.68. The van der Waals surface area contributed by atoms with Crippen LogP contribution in [0.2, 0.25) is 0 Å². The van der Waals surface area contributed by atoms with Gasteiger partial charge in [-0.25, -0.2) is 14.8 Å². The van der Waals surface area contributed by atoms with Crippen LogP contribution < -0.4 is 10.2 Å². The van der Waals surface area contributed by atoms with Gasteiger partial charge in [0.1, 0.15) is 5.60 Å². The molecule has 2 aliphatic heterocycles. The lowest BCUT2D eigenvalue weighted by molar-refractivity contribution is -0.117. The molecule has 8 heteroatoms. The van der Waals surface area contributed by atoms with E-state index in [-0.39, 0.29) is 30.0 Å². The predicted molar refractivity (Wildman–Crippen MR) is 144 cm³/mol. The van der Waals surface area contributed by atoms with Crippen LogP contribution >= 0.6 is 0 Å². The second-order valence-electron chi connectivity index (χ2n) is 11.4. The van der Waals surface area contributed by atoms with Crippen molar-refractivity contribution in [2.24, 2.45) is 11.8 Å². The van der Waals surface area contributed by atoms with E-state index in [1.165, 1.54) is 5.57 Å². The topological polar surface area (TPSA) is 87.7 Å². The minimum atomic E-state index is -0.512. The lowest BCUT2D eigenvalue weighted by atomic mass is 9.79. The molecule has 1 aromatic carbocycles. The first-order valence-corrected chi connectivity index (χ1v) is 13.3. The molecule has 0 saturated heterocycles. The number of nitrogens with zero attached hydrogens (tertiary/aromatic N) is 4. The lowest BCUT2D eigenvalue weighted by Gasteiger charge is -2.46. The smallest absolute Gasteiger partial charge is 0.410 e. The van der Waals surface area contributed by atoms with Gasteiger partial charge < -0.3 is 19.9 Å². The molecule has 1 saturated carbocycles. The van der Waals surface area contributed by atoms with Crippen molar-refractivity contribution in [3.63, 3.8) is 0 Å². The van der Waals surface area contributed by atoms with Gasteiger partial charge in [-0.1, -0.05) is 19.1 Å². The summed E-state index contributed by atoms with van der Waals surface area (Å²) in [6, 6.07) is 8.34. The number of fused-ring (bicyclic) bond motifs is 1. The number of hydrogen-bond acceptors (Lipinski definition) is 6. The number of hydrogen-bond donors (Lipinski definition) is 1. The fourth-order valence-electron chi connectivity index (χ4n) is 5.70. The molecule has 2 aromatic rings. The van der Waals surface area contributed by atoms with Gasteiger partial charge in [0.15, 0.2) is 0 Å². The fourth-order valence-corrected chi connectivity index (χ4v) is 5.70. The minimum Gasteiger partial charge on any atom is -0.444 e. The summed E-state index contributed by atoms with van der Waals surface area (Å²) in [5.41, 5.74) is 3.85. The zero-order chi connectivity index (χ0) is 26.3. The van der Waals surface area contributed by atoms with E-state index in [0.29, 0.717) is 25.0 Å². The van der Waals surface area contributed by atoms with E-state index in [1.54, 1.807) is 24.2 Å². The quantitative estimate of drug-likeness (QED) is 0.598. The van der Waals surface area contributed by atoms with Crippen molar-refractivity contribution >= 4 is 29.2 Å². The highest BCUT2D eigenvalue weighted by Crippen LogP contribution is 2.50. The molecule has 1 aliphatic carbocycles. The van der Waals surface area contributed by atoms with Crippen molar-refractivity contribution in [3.05, 3.63) is 53.9 Å². The molecule has 3 aliphatic rings. The van der Waals surface area contributed by atoms with E-state index in [2.05, 4.69) is 46.5 Å². The molecule has 3 atom stereocenters. The highest BCUT2D eigenvalue weighted by molar-refractivity contribution is 5.94. The van der Waals surface area contributed by atoms with Gasteiger partial charge in [0.2, 0.25) is 11.9 Å². The average Bonchev–Trinajstić information content (AvgIpc) is 3.70. The van der Waals surface area contributed by atoms with Crippen LogP contribution in [0, 0.1) is 11.8 Å². The van der Waals surface area contributed by atoms with Crippen LogP contribution in [0.1, 0.15) is 71.0 Å². The maximum absolute atomic E-state index is 12.9. The molecule has 1 N–H and O–H groups in total. The van der Waals surface area contributed by atoms with Gasteiger partial charge in [-0.2, -0.15) is 0 Å². The van der Waals surface area contributed by atoms with Gasteiger partial charge in [0.25, 0.3) is 0 Å². The van der Waals surface area contributed by atoms with Crippen LogP contribution in [0.3, 0.4) is 0 Å². The Bertz CT molecular complexity index is 1200. The van der Waals surface area contributed by atoms with Crippen LogP contribution in [0.25, 0.3) is 5.57 Å². The van der Waals surface area contributed by atoms with Crippen LogP contribution in [-0.4, -0.2) is 51.6 Å². The molecule has 1 fully saturated rings. The van der Waals surface area contributed by atoms with E-state index in [9.17, 15) is 9.59 Å². The molecule has 8 nitrogen and oxygen atoms in total. The third-order valence-corrected chi connectivity index (χ3v) is 7.51. The van der Waals surface area contributed by atoms with E-state index in [0.717, 1.165) is 36.1 Å². The molecule has 37 heavy (non-hydrogen) atoms. The molecule has 0 bridgehead atoms. The van der Waals surface area contributed by atoms with E-state index >= 15 is 0 Å². The third kappa shape index (κ3) is 5.33. The predicted octanol–water partition coefficient (Wildman–Crippen LogP) is 5.44. The minimum absolute atomic E-state index is 0.0268. The second kappa shape index (κ2) is 9.80. The summed E-state index contributed by atoms with van der Waals surface area (Å²) in [6.07, 6.45) is 8.36. The molecule has 2 amide bonds. The molecule has 196 valence electrons. The fraction of sp³-hybridized carbons (Fsp3) is 0.517. The Labute approximate surface area is 219 Å². The molecular weight excluding hydrogens is 466 g/mol. The van der Waals surface area contributed by atoms with Crippen molar-refractivity contribution in [3.8, 4) is 0 Å². The van der Waals surface area contributed by atoms with Gasteiger partial charge in [-0.05, 0) is 80.9 Å². The number of amides is 2. The number of carbonyl (C=O) groups excluding carboxylic acids is 2. The van der Waals surface area contributed by atoms with Crippen LogP contribution in [0.5, 0.6) is 0 Å². The number of aromatic nitrogens is 2. The highest BCUT2D eigenvalue weighted by Gasteiger charge is 2.47. The van der Waals surface area contributed by atoms with Crippen molar-refractivity contribution in [2.75, 3.05) is 23.3 Å². The first-order valence-electron chi connectivity index (χ1n) is 13.3. The summed E-state index contributed by atoms with van der Waals surface area (Å²) in [5.74, 6) is 1.38. The van der Waals surface area contributed by atoms with E-state index in [4.69, 9.17) is 4.74 Å². The molecule has 3 heterocycles. The molecule has 1 aromatic heterocycles. The maximum Gasteiger partial charge on any atom is 0.410 e. The first-order chi connectivity index (χ1) is 17.6. The third-order valence-electron chi connectivity index (χ3n) is 7.51. The second-order valence-corrected chi connectivity index (χ2v) is 11.4. The SMILES string of the molecule is CC(=O)N1c2ccc(C3=CCN(C(=O)OC(C)(C)C)CC3)cc2[C@H](Nc2ncccn2)[C@@H](C)[C@@H]1C1CC1. The van der Waals surface area contributed by atoms with Crippen molar-refractivity contribution in [1.29, 1.82) is 0 Å². The summed E-state index contributed by atoms with van der Waals surface area (Å²) in [4.78, 5) is 38.0. The Balaban J connectivity index is 1.47. The van der Waals surface area contributed by atoms with Crippen molar-refractivity contribution in [1.82, 2.24) is 14.9 Å². The number of benzene rings is 1. The van der Waals surface area contributed by atoms with Gasteiger partial charge >= 0.3 is 6.09 Å². The van der Waals surface area contributed by atoms with E-state index in [1.807, 2.05) is 31.7 Å². The molecule has 0 spiro atoms. The number of anilines is 2. The number of rotatable bonds is 4. The van der Waals surface area contributed by atoms with E-state index < -0.39 is 5.60 Å². The Morgan fingerprint density at radius 3 is 2.46 bits per heavy atom. The van der Waals surface area contributed by atoms with Gasteiger partial charge in [-0.15, -0.1) is 0 Å². The zero-order valence-electron chi connectivity index (χ0n) is 22.4. The highest BCUT2D eigenvalue weighted by atomic mass is 16.6. The Morgan fingerprint density at radius 1 is 1.14 bits per heavy atom. The lowest BCUT2D eigenvalue weighted by Crippen LogP contribution is -2.51. The normalized spacial score (nSPS) is 23.7. The summed E-state index contributed by atoms with van der Waals surface area (Å²) in [6.45, 7) is 10.7. The van der Waals surface area contributed by atoms with Crippen molar-refractivity contribution in [2.45, 2.75) is 71.6 Å². The Morgan fingerprint density at radius 2 is 1.86 bits per heavy atom. The standard InChI is InChI=1S/C29H37N5O3/c1-18-25(32-27-30-13-6-14-31-27)23-17-22(9-10-24(23)34(19(2)35)26(18)21-7-8-21)20-11-15-33(16-12-20)28(36)37-29(3,4)5/h6,9-11,13-14,17-18,21,25-26H,7-8,12,15-16H2,1-5H3,(H,30,31,32)/t18-,25-,26-/m1/s1. The van der Waals surface area contributed by atoms with Crippen molar-refractivity contribution < 1.29 is 14.3 Å². The van der Waals surface area contributed by atoms with Crippen LogP contribution in [0.15, 0.2) is 42.7 Å². The van der Waals surface area contributed by atoms with Crippen LogP contribution in [-0.2, 0) is 9.53 Å². The van der Waals surface area contributed by atoms with Gasteiger partial charge in [0, 0.05) is 50.1 Å². The molecule has 0 radical (unpaired) electrons. The zero-order valence-corrected chi connectivity index (χ0v) is 22.4. The number of ether oxygens (including phenoxy) is 1. The Hall–Kier alpha value is -3.42. The summed E-state index contributed by atoms with van der Waals surface area (Å²) >= 11 is 0. The van der Waals surface area contributed by atoms with Crippen LogP contribution in [0.4, 0.5) is 16.4 Å². The summed E-state index contributed by atoms with van der Waals surface area (Å²) in [7, 11) is 0. The summed E-state index contributed by atoms with van der Waals surface area (Å²) in [5, 5.41) is 3.58. The molecular formula is C29H37N5O3. The van der Waals surface area contributed by atoms with Gasteiger partial charge in [-0.3, -0.25) is 4.79 Å². The largest absolute Gasteiger partial charge is 0.444 e. The first kappa shape index (κ1) is 25.2. The number of carbonyl (C=O) groups is 2. The summed E-state index contributed by atoms with van der Waals surface area (Å²) < 4.78 is 5.54. The van der Waals surface area contributed by atoms with Gasteiger partial charge in [0.05, 0.1) is 6.04 Å². The molecule has 5 rings (SSSR count). The average molecular weight is 504 g/mol.